The largest absolute Gasteiger partial charge is 0.493 e. The van der Waals surface area contributed by atoms with E-state index in [2.05, 4.69) is 10.3 Å². The first-order chi connectivity index (χ1) is 14.0. The van der Waals surface area contributed by atoms with Crippen LogP contribution in [0.3, 0.4) is 0 Å². The Morgan fingerprint density at radius 2 is 1.93 bits per heavy atom. The van der Waals surface area contributed by atoms with Crippen LogP contribution in [0.4, 0.5) is 10.8 Å². The Kier molecular flexibility index (Phi) is 4.90. The molecule has 1 N–H and O–H groups in total. The maximum atomic E-state index is 12.6. The topological polar surface area (TPSA) is 81.4 Å². The van der Waals surface area contributed by atoms with Crippen LogP contribution in [-0.4, -0.2) is 17.9 Å². The van der Waals surface area contributed by atoms with E-state index in [1.165, 1.54) is 25.4 Å². The van der Waals surface area contributed by atoms with Crippen molar-refractivity contribution in [1.29, 1.82) is 0 Å². The smallest absolute Gasteiger partial charge is 0.345 e. The number of para-hydroxylation sites is 1. The number of benzene rings is 2. The number of ketones is 1. The Bertz CT molecular complexity index is 1270. The third-order valence-corrected chi connectivity index (χ3v) is 5.42. The summed E-state index contributed by atoms with van der Waals surface area (Å²) >= 11 is 1.44. The number of rotatable bonds is 5. The number of anilines is 2. The van der Waals surface area contributed by atoms with Crippen molar-refractivity contribution in [1.82, 2.24) is 4.98 Å². The summed E-state index contributed by atoms with van der Waals surface area (Å²) in [6.45, 7) is 3.44. The molecule has 0 amide bonds. The summed E-state index contributed by atoms with van der Waals surface area (Å²) in [5, 5.41) is 4.64. The Morgan fingerprint density at radius 3 is 2.62 bits per heavy atom. The Morgan fingerprint density at radius 1 is 1.17 bits per heavy atom. The number of Topliss-reactive ketones (excluding diaryl/α,β-unsaturated/α-hetero) is 1. The van der Waals surface area contributed by atoms with Crippen molar-refractivity contribution in [3.63, 3.8) is 0 Å². The van der Waals surface area contributed by atoms with Crippen LogP contribution in [-0.2, 0) is 0 Å². The van der Waals surface area contributed by atoms with Crippen molar-refractivity contribution < 1.29 is 13.9 Å². The Labute approximate surface area is 170 Å². The van der Waals surface area contributed by atoms with Gasteiger partial charge in [-0.1, -0.05) is 12.1 Å². The number of aromatic nitrogens is 1. The molecule has 0 spiro atoms. The number of carbonyl (C=O) groups excluding carboxylic acids is 1. The van der Waals surface area contributed by atoms with Crippen LogP contribution < -0.4 is 15.7 Å². The van der Waals surface area contributed by atoms with Gasteiger partial charge in [-0.2, -0.15) is 0 Å². The molecule has 0 bridgehead atoms. The first kappa shape index (κ1) is 18.9. The molecule has 6 nitrogen and oxygen atoms in total. The summed E-state index contributed by atoms with van der Waals surface area (Å²) in [4.78, 5) is 29.5. The highest BCUT2D eigenvalue weighted by atomic mass is 32.1. The molecule has 4 aromatic rings. The number of fused-ring (bicyclic) bond motifs is 1. The average molecular weight is 406 g/mol. The van der Waals surface area contributed by atoms with Crippen LogP contribution >= 0.6 is 11.3 Å². The van der Waals surface area contributed by atoms with Gasteiger partial charge in [0.05, 0.1) is 18.4 Å². The number of nitrogens with one attached hydrogen (secondary N) is 1. The van der Waals surface area contributed by atoms with Crippen LogP contribution in [0.25, 0.3) is 22.2 Å². The van der Waals surface area contributed by atoms with E-state index in [1.807, 2.05) is 31.2 Å². The van der Waals surface area contributed by atoms with Crippen LogP contribution in [0.1, 0.15) is 22.2 Å². The van der Waals surface area contributed by atoms with E-state index in [4.69, 9.17) is 9.15 Å². The van der Waals surface area contributed by atoms with Gasteiger partial charge in [-0.05, 0) is 50.2 Å². The zero-order valence-corrected chi connectivity index (χ0v) is 16.9. The predicted molar refractivity (Wildman–Crippen MR) is 115 cm³/mol. The van der Waals surface area contributed by atoms with Gasteiger partial charge >= 0.3 is 5.63 Å². The van der Waals surface area contributed by atoms with Gasteiger partial charge in [0.1, 0.15) is 0 Å². The number of carbonyl (C=O) groups is 1. The fourth-order valence-corrected chi connectivity index (χ4v) is 3.90. The summed E-state index contributed by atoms with van der Waals surface area (Å²) < 4.78 is 10.8. The fourth-order valence-electron chi connectivity index (χ4n) is 3.06. The lowest BCUT2D eigenvalue weighted by Gasteiger charge is -2.05. The third-order valence-electron chi connectivity index (χ3n) is 4.54. The molecule has 0 saturated carbocycles. The van der Waals surface area contributed by atoms with E-state index in [0.29, 0.717) is 33.3 Å². The van der Waals surface area contributed by atoms with Crippen molar-refractivity contribution in [3.05, 3.63) is 69.4 Å². The average Bonchev–Trinajstić information content (AvgIpc) is 3.07. The number of ether oxygens (including phenoxy) is 1. The quantitative estimate of drug-likeness (QED) is 0.363. The van der Waals surface area contributed by atoms with E-state index < -0.39 is 5.63 Å². The van der Waals surface area contributed by atoms with Crippen LogP contribution in [0.15, 0.2) is 57.7 Å². The van der Waals surface area contributed by atoms with Crippen molar-refractivity contribution in [2.24, 2.45) is 0 Å². The molecular formula is C22H18N2O4S. The molecule has 0 aliphatic rings. The van der Waals surface area contributed by atoms with Gasteiger partial charge < -0.3 is 14.5 Å². The molecule has 2 heterocycles. The molecule has 0 aliphatic heterocycles. The Hall–Kier alpha value is -3.45. The number of aryl methyl sites for hydroxylation is 1. The zero-order chi connectivity index (χ0) is 20.5. The van der Waals surface area contributed by atoms with Gasteiger partial charge in [-0.25, -0.2) is 9.78 Å². The molecule has 29 heavy (non-hydrogen) atoms. The van der Waals surface area contributed by atoms with Gasteiger partial charge in [0.25, 0.3) is 0 Å². The van der Waals surface area contributed by atoms with Gasteiger partial charge in [0.2, 0.25) is 0 Å². The van der Waals surface area contributed by atoms with Crippen molar-refractivity contribution in [2.45, 2.75) is 13.8 Å². The molecule has 2 aromatic heterocycles. The van der Waals surface area contributed by atoms with Gasteiger partial charge in [-0.3, -0.25) is 4.79 Å². The van der Waals surface area contributed by atoms with Gasteiger partial charge in [-0.15, -0.1) is 11.3 Å². The van der Waals surface area contributed by atoms with Crippen molar-refractivity contribution in [2.75, 3.05) is 12.4 Å². The lowest BCUT2D eigenvalue weighted by Crippen LogP contribution is -2.04. The van der Waals surface area contributed by atoms with Crippen LogP contribution in [0, 0.1) is 6.92 Å². The molecule has 2 aromatic carbocycles. The number of hydrogen-bond donors (Lipinski definition) is 1. The van der Waals surface area contributed by atoms with Gasteiger partial charge in [0, 0.05) is 21.5 Å². The maximum Gasteiger partial charge on any atom is 0.345 e. The molecule has 0 saturated heterocycles. The minimum atomic E-state index is -0.465. The molecule has 0 atom stereocenters. The maximum absolute atomic E-state index is 12.6. The summed E-state index contributed by atoms with van der Waals surface area (Å²) in [5.74, 6) is 0.529. The second-order valence-corrected chi connectivity index (χ2v) is 7.71. The highest BCUT2D eigenvalue weighted by Gasteiger charge is 2.17. The number of thiazole rings is 1. The monoisotopic (exact) mass is 406 g/mol. The highest BCUT2D eigenvalue weighted by Crippen LogP contribution is 2.33. The lowest BCUT2D eigenvalue weighted by molar-refractivity contribution is 0.101. The predicted octanol–water partition coefficient (Wildman–Crippen LogP) is 5.18. The van der Waals surface area contributed by atoms with E-state index >= 15 is 0 Å². The molecule has 146 valence electrons. The normalized spacial score (nSPS) is 10.9. The molecule has 0 fully saturated rings. The zero-order valence-electron chi connectivity index (χ0n) is 16.1. The summed E-state index contributed by atoms with van der Waals surface area (Å²) in [6.07, 6.45) is 0. The van der Waals surface area contributed by atoms with Crippen molar-refractivity contribution in [3.8, 4) is 17.0 Å². The first-order valence-corrected chi connectivity index (χ1v) is 9.74. The second kappa shape index (κ2) is 7.52. The SMILES string of the molecule is COc1cccc2cc(-c3nc(Nc4ccc(C(C)=O)cc4)sc3C)c(=O)oc12. The minimum absolute atomic E-state index is 0.0172. The highest BCUT2D eigenvalue weighted by molar-refractivity contribution is 7.16. The van der Waals surface area contributed by atoms with E-state index in [9.17, 15) is 9.59 Å². The number of nitrogens with zero attached hydrogens (tertiary/aromatic N) is 1. The van der Waals surface area contributed by atoms with Crippen molar-refractivity contribution >= 4 is 38.9 Å². The number of hydrogen-bond acceptors (Lipinski definition) is 7. The Balaban J connectivity index is 1.70. The lowest BCUT2D eigenvalue weighted by atomic mass is 10.1. The number of methoxy groups -OCH3 is 1. The summed E-state index contributed by atoms with van der Waals surface area (Å²) in [6, 6.07) is 14.4. The van der Waals surface area contributed by atoms with E-state index in [1.54, 1.807) is 24.3 Å². The van der Waals surface area contributed by atoms with Gasteiger partial charge in [0.15, 0.2) is 22.2 Å². The molecule has 7 heteroatoms. The standard InChI is InChI=1S/C22H18N2O4S/c1-12(25)14-7-9-16(10-8-14)23-22-24-19(13(2)29-22)17-11-15-5-4-6-18(27-3)20(15)28-21(17)26/h4-11H,1-3H3,(H,23,24). The van der Waals surface area contributed by atoms with E-state index in [0.717, 1.165) is 16.0 Å². The second-order valence-electron chi connectivity index (χ2n) is 6.51. The molecule has 0 radical (unpaired) electrons. The van der Waals surface area contributed by atoms with Crippen LogP contribution in [0.5, 0.6) is 5.75 Å². The molecule has 0 aliphatic carbocycles. The fraction of sp³-hybridized carbons (Fsp3) is 0.136. The third kappa shape index (κ3) is 3.64. The molecule has 4 rings (SSSR count). The first-order valence-electron chi connectivity index (χ1n) is 8.93. The van der Waals surface area contributed by atoms with Crippen LogP contribution in [0.2, 0.25) is 0 Å². The summed E-state index contributed by atoms with van der Waals surface area (Å²) in [5.41, 5.74) is 2.39. The molecule has 0 unspecified atom stereocenters. The summed E-state index contributed by atoms with van der Waals surface area (Å²) in [7, 11) is 1.54. The minimum Gasteiger partial charge on any atom is -0.493 e. The molecular weight excluding hydrogens is 388 g/mol. The van der Waals surface area contributed by atoms with E-state index in [-0.39, 0.29) is 5.78 Å².